The predicted molar refractivity (Wildman–Crippen MR) is 121 cm³/mol. The Morgan fingerprint density at radius 3 is 2.56 bits per heavy atom. The number of aliphatic hydroxyl groups is 3. The molecule has 4 rings (SSSR count). The summed E-state index contributed by atoms with van der Waals surface area (Å²) in [5, 5.41) is 31.5. The lowest BCUT2D eigenvalue weighted by molar-refractivity contribution is -0.0610. The first-order valence-electron chi connectivity index (χ1n) is 10.5. The van der Waals surface area contributed by atoms with Crippen molar-refractivity contribution in [2.24, 2.45) is 0 Å². The third kappa shape index (κ3) is 5.49. The Labute approximate surface area is 199 Å². The lowest BCUT2D eigenvalue weighted by Gasteiger charge is -2.18. The number of aliphatic hydroxyl groups excluding tert-OH is 3. The van der Waals surface area contributed by atoms with Crippen LogP contribution >= 0.6 is 19.2 Å². The van der Waals surface area contributed by atoms with E-state index in [1.807, 2.05) is 30.3 Å². The third-order valence-electron chi connectivity index (χ3n) is 5.71. The molecule has 1 saturated heterocycles. The van der Waals surface area contributed by atoms with E-state index in [4.69, 9.17) is 30.9 Å². The van der Waals surface area contributed by atoms with E-state index in [0.29, 0.717) is 23.1 Å². The molecule has 1 aliphatic rings. The van der Waals surface area contributed by atoms with Crippen LogP contribution in [0.15, 0.2) is 42.6 Å². The summed E-state index contributed by atoms with van der Waals surface area (Å²) in [6.45, 7) is -0.421. The van der Waals surface area contributed by atoms with E-state index in [9.17, 15) is 19.9 Å². The third-order valence-corrected chi connectivity index (χ3v) is 6.40. The van der Waals surface area contributed by atoms with Gasteiger partial charge in [0.05, 0.1) is 18.9 Å². The summed E-state index contributed by atoms with van der Waals surface area (Å²) in [7, 11) is -4.38. The molecule has 0 amide bonds. The number of halogens is 1. The highest BCUT2D eigenvalue weighted by molar-refractivity contribution is 7.51. The van der Waals surface area contributed by atoms with Crippen molar-refractivity contribution in [3.63, 3.8) is 0 Å². The van der Waals surface area contributed by atoms with Gasteiger partial charge in [0, 0.05) is 17.5 Å². The minimum absolute atomic E-state index is 0.0261. The maximum absolute atomic E-state index is 11.0. The molecule has 184 valence electrons. The summed E-state index contributed by atoms with van der Waals surface area (Å²) >= 11 is 6.19. The average Bonchev–Trinajstić information content (AvgIpc) is 3.33. The number of fused-ring (bicyclic) bond motifs is 1. The van der Waals surface area contributed by atoms with Crippen LogP contribution in [0.5, 0.6) is 0 Å². The van der Waals surface area contributed by atoms with E-state index in [0.717, 1.165) is 5.56 Å². The van der Waals surface area contributed by atoms with Crippen LogP contribution in [0.25, 0.3) is 11.0 Å². The molecule has 1 fully saturated rings. The zero-order valence-electron chi connectivity index (χ0n) is 17.9. The first kappa shape index (κ1) is 25.2. The molecular weight excluding hydrogens is 489 g/mol. The van der Waals surface area contributed by atoms with E-state index in [1.54, 1.807) is 12.3 Å². The monoisotopic (exact) mass is 513 g/mol. The lowest BCUT2D eigenvalue weighted by atomic mass is 9.94. The van der Waals surface area contributed by atoms with E-state index in [1.165, 1.54) is 4.57 Å². The second-order valence-electron chi connectivity index (χ2n) is 8.10. The number of hydrogen-bond donors (Lipinski definition) is 5. The van der Waals surface area contributed by atoms with E-state index < -0.39 is 38.5 Å². The largest absolute Gasteiger partial charge is 0.396 e. The molecule has 2 aromatic heterocycles. The van der Waals surface area contributed by atoms with Crippen molar-refractivity contribution in [2.45, 2.75) is 36.9 Å². The molecule has 0 saturated carbocycles. The van der Waals surface area contributed by atoms with Crippen molar-refractivity contribution in [2.75, 3.05) is 19.6 Å². The van der Waals surface area contributed by atoms with Gasteiger partial charge in [-0.15, -0.1) is 0 Å². The summed E-state index contributed by atoms with van der Waals surface area (Å²) in [6.07, 6.45) is -3.59. The minimum atomic E-state index is -4.38. The number of ether oxygens (including phenoxy) is 2. The fourth-order valence-electron chi connectivity index (χ4n) is 4.06. The summed E-state index contributed by atoms with van der Waals surface area (Å²) in [5.74, 6) is -0.218. The fourth-order valence-corrected chi connectivity index (χ4v) is 4.58. The summed E-state index contributed by atoms with van der Waals surface area (Å²) in [4.78, 5) is 26.5. The molecule has 1 aromatic carbocycles. The van der Waals surface area contributed by atoms with Crippen LogP contribution in [0.1, 0.15) is 23.4 Å². The summed E-state index contributed by atoms with van der Waals surface area (Å²) in [6, 6.07) is 11.3. The molecule has 11 nitrogen and oxygen atoms in total. The van der Waals surface area contributed by atoms with Crippen molar-refractivity contribution >= 4 is 30.2 Å². The van der Waals surface area contributed by atoms with Gasteiger partial charge in [0.15, 0.2) is 6.23 Å². The molecule has 1 aliphatic heterocycles. The molecule has 3 heterocycles. The Bertz CT molecular complexity index is 1170. The van der Waals surface area contributed by atoms with E-state index in [-0.39, 0.29) is 24.4 Å². The second kappa shape index (κ2) is 10.4. The molecule has 5 atom stereocenters. The van der Waals surface area contributed by atoms with Crippen LogP contribution in [-0.4, -0.2) is 77.5 Å². The van der Waals surface area contributed by atoms with Crippen molar-refractivity contribution in [1.82, 2.24) is 14.5 Å². The standard InChI is InChI=1S/C21H25ClN3O8P/c22-21-23-15(8-13(9-26)12-4-2-1-3-5-12)14-6-7-25(19(14)24-21)20-18(28)17(27)16(33-20)10-32-11-34(29,30)31/h1-7,13,16-18,20,26-28H,8-11H2,(H2,29,30,31)/t13-,16+,17+,18+,20+/m0/s1. The highest BCUT2D eigenvalue weighted by Gasteiger charge is 2.44. The maximum atomic E-state index is 11.0. The average molecular weight is 514 g/mol. The Balaban J connectivity index is 1.59. The van der Waals surface area contributed by atoms with Crippen molar-refractivity contribution in [3.8, 4) is 0 Å². The minimum Gasteiger partial charge on any atom is -0.396 e. The van der Waals surface area contributed by atoms with Gasteiger partial charge in [0.2, 0.25) is 5.28 Å². The second-order valence-corrected chi connectivity index (χ2v) is 10.0. The van der Waals surface area contributed by atoms with Crippen LogP contribution in [0.4, 0.5) is 0 Å². The van der Waals surface area contributed by atoms with Gasteiger partial charge in [-0.1, -0.05) is 30.3 Å². The first-order chi connectivity index (χ1) is 16.2. The molecule has 0 radical (unpaired) electrons. The smallest absolute Gasteiger partial charge is 0.350 e. The molecule has 13 heteroatoms. The molecule has 5 N–H and O–H groups in total. The first-order valence-corrected chi connectivity index (χ1v) is 12.7. The van der Waals surface area contributed by atoms with Crippen molar-refractivity contribution < 1.29 is 39.1 Å². The Kier molecular flexibility index (Phi) is 7.68. The van der Waals surface area contributed by atoms with Gasteiger partial charge in [-0.25, -0.2) is 4.98 Å². The topological polar surface area (TPSA) is 167 Å². The van der Waals surface area contributed by atoms with Crippen LogP contribution in [0, 0.1) is 0 Å². The Hall–Kier alpha value is -1.92. The van der Waals surface area contributed by atoms with Crippen LogP contribution in [0.2, 0.25) is 5.28 Å². The summed E-state index contributed by atoms with van der Waals surface area (Å²) < 4.78 is 23.2. The quantitative estimate of drug-likeness (QED) is 0.207. The predicted octanol–water partition coefficient (Wildman–Crippen LogP) is 1.17. The molecule has 0 bridgehead atoms. The van der Waals surface area contributed by atoms with Gasteiger partial charge in [0.1, 0.15) is 30.3 Å². The molecule has 34 heavy (non-hydrogen) atoms. The molecule has 0 spiro atoms. The van der Waals surface area contributed by atoms with Crippen LogP contribution in [0.3, 0.4) is 0 Å². The SMILES string of the molecule is O=P(O)(O)COC[C@H]1O[C@@H](n2ccc3c(C[C@@H](CO)c4ccccc4)nc(Cl)nc32)[C@H](O)[C@@H]1O. The van der Waals surface area contributed by atoms with Crippen LogP contribution in [-0.2, 0) is 20.5 Å². The van der Waals surface area contributed by atoms with E-state index in [2.05, 4.69) is 9.97 Å². The molecule has 3 aromatic rings. The Morgan fingerprint density at radius 1 is 1.15 bits per heavy atom. The zero-order valence-corrected chi connectivity index (χ0v) is 19.5. The molecule has 0 aliphatic carbocycles. The van der Waals surface area contributed by atoms with Gasteiger partial charge in [0.25, 0.3) is 0 Å². The van der Waals surface area contributed by atoms with Gasteiger partial charge in [-0.3, -0.25) is 4.57 Å². The van der Waals surface area contributed by atoms with Crippen LogP contribution < -0.4 is 0 Å². The number of nitrogens with zero attached hydrogens (tertiary/aromatic N) is 3. The highest BCUT2D eigenvalue weighted by Crippen LogP contribution is 2.36. The lowest BCUT2D eigenvalue weighted by Crippen LogP contribution is -2.33. The molecular formula is C21H25ClN3O8P. The Morgan fingerprint density at radius 2 is 1.88 bits per heavy atom. The normalized spacial score (nSPS) is 24.1. The number of aromatic nitrogens is 3. The number of rotatable bonds is 9. The zero-order chi connectivity index (χ0) is 24.5. The molecule has 0 unspecified atom stereocenters. The van der Waals surface area contributed by atoms with E-state index >= 15 is 0 Å². The fraction of sp³-hybridized carbons (Fsp3) is 0.429. The van der Waals surface area contributed by atoms with Gasteiger partial charge in [-0.2, -0.15) is 4.98 Å². The van der Waals surface area contributed by atoms with Gasteiger partial charge < -0.3 is 39.1 Å². The highest BCUT2D eigenvalue weighted by atomic mass is 35.5. The van der Waals surface area contributed by atoms with Crippen molar-refractivity contribution in [3.05, 3.63) is 59.1 Å². The number of benzene rings is 1. The van der Waals surface area contributed by atoms with Gasteiger partial charge in [-0.05, 0) is 29.7 Å². The summed E-state index contributed by atoms with van der Waals surface area (Å²) in [5.41, 5.74) is 1.92. The maximum Gasteiger partial charge on any atom is 0.350 e. The van der Waals surface area contributed by atoms with Crippen molar-refractivity contribution in [1.29, 1.82) is 0 Å². The number of hydrogen-bond acceptors (Lipinski definition) is 8. The van der Waals surface area contributed by atoms with Gasteiger partial charge >= 0.3 is 7.60 Å².